The second-order valence-corrected chi connectivity index (χ2v) is 5.58. The maximum absolute atomic E-state index is 10.9. The normalized spacial score (nSPS) is 22.9. The first-order valence-corrected chi connectivity index (χ1v) is 6.38. The van der Waals surface area contributed by atoms with Crippen LogP contribution in [-0.4, -0.2) is 22.8 Å². The molecule has 1 aromatic carbocycles. The molecule has 0 amide bonds. The third kappa shape index (κ3) is 1.83. The number of benzene rings is 1. The zero-order valence-corrected chi connectivity index (χ0v) is 9.91. The lowest BCUT2D eigenvalue weighted by Gasteiger charge is -1.98. The standard InChI is InChI=1S/C13H12O3S/c14-6-9-3-10(9)7-1-2-8-5-12(13(15)16)17-11(8)4-7/h1-2,4-5,9-10,14H,3,6H2,(H,15,16)/t9-,10-/m1/s1. The molecule has 0 unspecified atom stereocenters. The Labute approximate surface area is 102 Å². The summed E-state index contributed by atoms with van der Waals surface area (Å²) in [6.45, 7) is 0.244. The summed E-state index contributed by atoms with van der Waals surface area (Å²) in [6.07, 6.45) is 1.04. The molecule has 1 aliphatic rings. The van der Waals surface area contributed by atoms with Crippen molar-refractivity contribution in [1.29, 1.82) is 0 Å². The van der Waals surface area contributed by atoms with Gasteiger partial charge in [-0.25, -0.2) is 4.79 Å². The molecule has 1 saturated carbocycles. The van der Waals surface area contributed by atoms with E-state index in [0.717, 1.165) is 16.5 Å². The average molecular weight is 248 g/mol. The second-order valence-electron chi connectivity index (χ2n) is 4.50. The quantitative estimate of drug-likeness (QED) is 0.878. The molecule has 1 heterocycles. The van der Waals surface area contributed by atoms with Crippen LogP contribution in [-0.2, 0) is 0 Å². The minimum atomic E-state index is -0.868. The molecule has 2 atom stereocenters. The average Bonchev–Trinajstić information content (AvgIpc) is 2.98. The predicted molar refractivity (Wildman–Crippen MR) is 66.7 cm³/mol. The molecule has 1 aromatic heterocycles. The Morgan fingerprint density at radius 2 is 2.24 bits per heavy atom. The fourth-order valence-electron chi connectivity index (χ4n) is 2.24. The zero-order valence-electron chi connectivity index (χ0n) is 9.09. The van der Waals surface area contributed by atoms with Crippen LogP contribution in [0.15, 0.2) is 24.3 Å². The van der Waals surface area contributed by atoms with Crippen LogP contribution in [0.3, 0.4) is 0 Å². The van der Waals surface area contributed by atoms with Gasteiger partial charge in [-0.3, -0.25) is 0 Å². The highest BCUT2D eigenvalue weighted by atomic mass is 32.1. The summed E-state index contributed by atoms with van der Waals surface area (Å²) in [5, 5.41) is 19.0. The highest BCUT2D eigenvalue weighted by Crippen LogP contribution is 2.47. The van der Waals surface area contributed by atoms with Crippen LogP contribution < -0.4 is 0 Å². The highest BCUT2D eigenvalue weighted by Gasteiger charge is 2.37. The highest BCUT2D eigenvalue weighted by molar-refractivity contribution is 7.20. The van der Waals surface area contributed by atoms with Gasteiger partial charge in [0.2, 0.25) is 0 Å². The Bertz CT molecular complexity index is 587. The number of carbonyl (C=O) groups is 1. The Morgan fingerprint density at radius 3 is 2.88 bits per heavy atom. The van der Waals surface area contributed by atoms with Crippen LogP contribution >= 0.6 is 11.3 Å². The zero-order chi connectivity index (χ0) is 12.0. The van der Waals surface area contributed by atoms with Gasteiger partial charge in [0, 0.05) is 11.3 Å². The van der Waals surface area contributed by atoms with Crippen molar-refractivity contribution in [2.24, 2.45) is 5.92 Å². The predicted octanol–water partition coefficient (Wildman–Crippen LogP) is 2.70. The molecule has 0 spiro atoms. The number of carboxylic acid groups (broad SMARTS) is 1. The Balaban J connectivity index is 1.98. The third-order valence-electron chi connectivity index (χ3n) is 3.34. The van der Waals surface area contributed by atoms with Gasteiger partial charge < -0.3 is 10.2 Å². The summed E-state index contributed by atoms with van der Waals surface area (Å²) < 4.78 is 1.02. The van der Waals surface area contributed by atoms with E-state index in [1.165, 1.54) is 16.9 Å². The number of hydrogen-bond donors (Lipinski definition) is 2. The minimum absolute atomic E-state index is 0.244. The summed E-state index contributed by atoms with van der Waals surface area (Å²) in [6, 6.07) is 7.79. The Kier molecular flexibility index (Phi) is 2.42. The molecule has 4 heteroatoms. The maximum atomic E-state index is 10.9. The lowest BCUT2D eigenvalue weighted by molar-refractivity contribution is 0.0702. The lowest BCUT2D eigenvalue weighted by atomic mass is 10.1. The topological polar surface area (TPSA) is 57.5 Å². The van der Waals surface area contributed by atoms with Crippen molar-refractivity contribution in [3.05, 3.63) is 34.7 Å². The summed E-state index contributed by atoms with van der Waals surface area (Å²) >= 11 is 1.31. The van der Waals surface area contributed by atoms with Crippen LogP contribution in [0.25, 0.3) is 10.1 Å². The van der Waals surface area contributed by atoms with Gasteiger partial charge in [0.15, 0.2) is 0 Å². The first-order chi connectivity index (χ1) is 8.19. The van der Waals surface area contributed by atoms with Crippen LogP contribution in [0, 0.1) is 5.92 Å². The van der Waals surface area contributed by atoms with Crippen molar-refractivity contribution >= 4 is 27.4 Å². The molecule has 0 saturated heterocycles. The fourth-order valence-corrected chi connectivity index (χ4v) is 3.19. The van der Waals surface area contributed by atoms with Crippen LogP contribution in [0.4, 0.5) is 0 Å². The molecule has 2 aromatic rings. The minimum Gasteiger partial charge on any atom is -0.477 e. The van der Waals surface area contributed by atoms with Gasteiger partial charge in [-0.05, 0) is 41.3 Å². The van der Waals surface area contributed by atoms with Crippen molar-refractivity contribution < 1.29 is 15.0 Å². The fraction of sp³-hybridized carbons (Fsp3) is 0.308. The van der Waals surface area contributed by atoms with Crippen LogP contribution in [0.1, 0.15) is 27.6 Å². The van der Waals surface area contributed by atoms with Gasteiger partial charge in [-0.15, -0.1) is 11.3 Å². The van der Waals surface area contributed by atoms with Crippen molar-refractivity contribution in [3.8, 4) is 0 Å². The maximum Gasteiger partial charge on any atom is 0.345 e. The summed E-state index contributed by atoms with van der Waals surface area (Å²) in [7, 11) is 0. The van der Waals surface area contributed by atoms with E-state index >= 15 is 0 Å². The van der Waals surface area contributed by atoms with Crippen LogP contribution in [0.2, 0.25) is 0 Å². The van der Waals surface area contributed by atoms with Gasteiger partial charge in [-0.2, -0.15) is 0 Å². The van der Waals surface area contributed by atoms with E-state index in [1.807, 2.05) is 12.1 Å². The molecule has 1 aliphatic carbocycles. The smallest absolute Gasteiger partial charge is 0.345 e. The Morgan fingerprint density at radius 1 is 1.41 bits per heavy atom. The van der Waals surface area contributed by atoms with Gasteiger partial charge in [0.1, 0.15) is 4.88 Å². The summed E-state index contributed by atoms with van der Waals surface area (Å²) in [4.78, 5) is 11.3. The van der Waals surface area contributed by atoms with Crippen molar-refractivity contribution in [1.82, 2.24) is 0 Å². The van der Waals surface area contributed by atoms with Crippen molar-refractivity contribution in [2.45, 2.75) is 12.3 Å². The number of aromatic carboxylic acids is 1. The van der Waals surface area contributed by atoms with Crippen molar-refractivity contribution in [2.75, 3.05) is 6.61 Å². The van der Waals surface area contributed by atoms with Gasteiger partial charge in [-0.1, -0.05) is 12.1 Å². The van der Waals surface area contributed by atoms with Gasteiger partial charge in [0.25, 0.3) is 0 Å². The molecule has 2 N–H and O–H groups in total. The van der Waals surface area contributed by atoms with E-state index in [0.29, 0.717) is 16.7 Å². The monoisotopic (exact) mass is 248 g/mol. The number of fused-ring (bicyclic) bond motifs is 1. The molecule has 0 aliphatic heterocycles. The third-order valence-corrected chi connectivity index (χ3v) is 4.43. The Hall–Kier alpha value is -1.39. The molecule has 17 heavy (non-hydrogen) atoms. The molecule has 1 fully saturated rings. The van der Waals surface area contributed by atoms with Gasteiger partial charge in [0.05, 0.1) is 0 Å². The molecule has 3 nitrogen and oxygen atoms in total. The van der Waals surface area contributed by atoms with Crippen LogP contribution in [0.5, 0.6) is 0 Å². The number of hydrogen-bond acceptors (Lipinski definition) is 3. The van der Waals surface area contributed by atoms with E-state index < -0.39 is 5.97 Å². The second kappa shape index (κ2) is 3.82. The number of aliphatic hydroxyl groups excluding tert-OH is 1. The lowest BCUT2D eigenvalue weighted by Crippen LogP contribution is -1.89. The summed E-state index contributed by atoms with van der Waals surface area (Å²) in [5.74, 6) is -0.0152. The SMILES string of the molecule is O=C(O)c1cc2ccc([C@H]3C[C@@H]3CO)cc2s1. The van der Waals surface area contributed by atoms with Gasteiger partial charge >= 0.3 is 5.97 Å². The molecular weight excluding hydrogens is 236 g/mol. The first kappa shape index (κ1) is 10.7. The van der Waals surface area contributed by atoms with E-state index in [2.05, 4.69) is 6.07 Å². The number of rotatable bonds is 3. The molecular formula is C13H12O3S. The number of carboxylic acids is 1. The van der Waals surface area contributed by atoms with E-state index in [9.17, 15) is 4.79 Å². The summed E-state index contributed by atoms with van der Waals surface area (Å²) in [5.41, 5.74) is 1.22. The number of thiophene rings is 1. The van der Waals surface area contributed by atoms with Crippen molar-refractivity contribution in [3.63, 3.8) is 0 Å². The van der Waals surface area contributed by atoms with E-state index in [4.69, 9.17) is 10.2 Å². The largest absolute Gasteiger partial charge is 0.477 e. The first-order valence-electron chi connectivity index (χ1n) is 5.56. The van der Waals surface area contributed by atoms with E-state index in [1.54, 1.807) is 6.07 Å². The van der Waals surface area contributed by atoms with E-state index in [-0.39, 0.29) is 6.61 Å². The number of aliphatic hydroxyl groups is 1. The molecule has 3 rings (SSSR count). The molecule has 0 radical (unpaired) electrons. The molecule has 88 valence electrons. The molecule has 0 bridgehead atoms.